The van der Waals surface area contributed by atoms with Crippen LogP contribution in [0, 0.1) is 6.92 Å². The van der Waals surface area contributed by atoms with Crippen LogP contribution in [0.25, 0.3) is 10.9 Å². The standard InChI is InChI=1S/C23H32N6OS/c1-5-20(27(3)4)22-25-26-23(29(22)11-10-28-12-14-30-15-13-28)31-21-16-17(2)24-19-9-7-6-8-18(19)21/h6-9,16,20H,5,10-15H2,1-4H3/t20-/m1/s1. The summed E-state index contributed by atoms with van der Waals surface area (Å²) < 4.78 is 7.83. The molecule has 0 bridgehead atoms. The molecule has 31 heavy (non-hydrogen) atoms. The van der Waals surface area contributed by atoms with Crippen LogP contribution in [0.15, 0.2) is 40.4 Å². The largest absolute Gasteiger partial charge is 0.379 e. The van der Waals surface area contributed by atoms with E-state index in [2.05, 4.69) is 74.8 Å². The van der Waals surface area contributed by atoms with Gasteiger partial charge in [-0.1, -0.05) is 25.1 Å². The molecule has 1 aromatic carbocycles. The lowest BCUT2D eigenvalue weighted by Crippen LogP contribution is -2.38. The zero-order valence-electron chi connectivity index (χ0n) is 18.9. The van der Waals surface area contributed by atoms with Crippen molar-refractivity contribution in [3.8, 4) is 0 Å². The van der Waals surface area contributed by atoms with Crippen LogP contribution in [-0.4, -0.2) is 76.5 Å². The first-order valence-electron chi connectivity index (χ1n) is 11.0. The summed E-state index contributed by atoms with van der Waals surface area (Å²) in [4.78, 5) is 10.6. The molecule has 1 fully saturated rings. The molecule has 3 aromatic rings. The second-order valence-electron chi connectivity index (χ2n) is 8.22. The van der Waals surface area contributed by atoms with Crippen molar-refractivity contribution in [2.24, 2.45) is 0 Å². The molecule has 0 N–H and O–H groups in total. The van der Waals surface area contributed by atoms with Gasteiger partial charge in [0.1, 0.15) is 0 Å². The van der Waals surface area contributed by atoms with Gasteiger partial charge >= 0.3 is 0 Å². The average molecular weight is 441 g/mol. The van der Waals surface area contributed by atoms with Crippen molar-refractivity contribution >= 4 is 22.7 Å². The quantitative estimate of drug-likeness (QED) is 0.530. The number of nitrogens with zero attached hydrogens (tertiary/aromatic N) is 6. The molecule has 8 heteroatoms. The molecule has 1 aliphatic rings. The van der Waals surface area contributed by atoms with Gasteiger partial charge in [-0.25, -0.2) is 0 Å². The molecule has 2 aromatic heterocycles. The number of aromatic nitrogens is 4. The minimum atomic E-state index is 0.238. The van der Waals surface area contributed by atoms with E-state index in [4.69, 9.17) is 4.74 Å². The van der Waals surface area contributed by atoms with E-state index >= 15 is 0 Å². The maximum Gasteiger partial charge on any atom is 0.196 e. The summed E-state index contributed by atoms with van der Waals surface area (Å²) in [5.41, 5.74) is 2.03. The van der Waals surface area contributed by atoms with Crippen molar-refractivity contribution in [2.45, 2.75) is 42.9 Å². The van der Waals surface area contributed by atoms with Crippen LogP contribution >= 0.6 is 11.8 Å². The fraction of sp³-hybridized carbons (Fsp3) is 0.522. The van der Waals surface area contributed by atoms with E-state index in [0.29, 0.717) is 0 Å². The van der Waals surface area contributed by atoms with Gasteiger partial charge in [0, 0.05) is 42.2 Å². The second-order valence-corrected chi connectivity index (χ2v) is 9.22. The zero-order valence-corrected chi connectivity index (χ0v) is 19.7. The maximum absolute atomic E-state index is 5.51. The fourth-order valence-electron chi connectivity index (χ4n) is 4.13. The van der Waals surface area contributed by atoms with Gasteiger partial charge in [-0.2, -0.15) is 0 Å². The Morgan fingerprint density at radius 2 is 1.90 bits per heavy atom. The van der Waals surface area contributed by atoms with Crippen LogP contribution in [0.4, 0.5) is 0 Å². The number of para-hydroxylation sites is 1. The molecule has 3 heterocycles. The maximum atomic E-state index is 5.51. The molecule has 166 valence electrons. The molecule has 4 rings (SSSR count). The van der Waals surface area contributed by atoms with Crippen molar-refractivity contribution in [1.82, 2.24) is 29.5 Å². The van der Waals surface area contributed by atoms with Crippen LogP contribution in [0.2, 0.25) is 0 Å². The van der Waals surface area contributed by atoms with Gasteiger partial charge in [0.25, 0.3) is 0 Å². The Balaban J connectivity index is 1.67. The van der Waals surface area contributed by atoms with Crippen LogP contribution < -0.4 is 0 Å². The van der Waals surface area contributed by atoms with Crippen LogP contribution in [0.5, 0.6) is 0 Å². The van der Waals surface area contributed by atoms with E-state index in [1.54, 1.807) is 11.8 Å². The molecular weight excluding hydrogens is 408 g/mol. The van der Waals surface area contributed by atoms with E-state index in [0.717, 1.165) is 73.4 Å². The van der Waals surface area contributed by atoms with E-state index in [1.165, 1.54) is 4.90 Å². The first-order valence-corrected chi connectivity index (χ1v) is 11.8. The number of aryl methyl sites for hydroxylation is 1. The Hall–Kier alpha value is -2.00. The SMILES string of the molecule is CC[C@H](c1nnc(Sc2cc(C)nc3ccccc23)n1CCN1CCOCC1)N(C)C. The number of rotatable bonds is 8. The van der Waals surface area contributed by atoms with E-state index < -0.39 is 0 Å². The van der Waals surface area contributed by atoms with Gasteiger partial charge < -0.3 is 9.30 Å². The number of hydrogen-bond acceptors (Lipinski definition) is 7. The Bertz CT molecular complexity index is 1010. The fourth-order valence-corrected chi connectivity index (χ4v) is 5.21. The van der Waals surface area contributed by atoms with Gasteiger partial charge in [-0.3, -0.25) is 14.8 Å². The van der Waals surface area contributed by atoms with Crippen molar-refractivity contribution in [3.05, 3.63) is 41.9 Å². The molecule has 0 unspecified atom stereocenters. The summed E-state index contributed by atoms with van der Waals surface area (Å²) in [6.45, 7) is 9.70. The summed E-state index contributed by atoms with van der Waals surface area (Å²) >= 11 is 1.69. The van der Waals surface area contributed by atoms with Crippen molar-refractivity contribution in [3.63, 3.8) is 0 Å². The first kappa shape index (κ1) is 22.2. The Morgan fingerprint density at radius 1 is 1.13 bits per heavy atom. The summed E-state index contributed by atoms with van der Waals surface area (Å²) in [6, 6.07) is 10.7. The third-order valence-corrected chi connectivity index (χ3v) is 6.85. The molecule has 0 amide bonds. The molecule has 0 saturated carbocycles. The van der Waals surface area contributed by atoms with Gasteiger partial charge in [0.05, 0.1) is 24.8 Å². The Labute approximate surface area is 188 Å². The zero-order chi connectivity index (χ0) is 21.8. The van der Waals surface area contributed by atoms with Crippen molar-refractivity contribution in [1.29, 1.82) is 0 Å². The number of ether oxygens (including phenoxy) is 1. The van der Waals surface area contributed by atoms with Crippen LogP contribution in [0.3, 0.4) is 0 Å². The predicted molar refractivity (Wildman–Crippen MR) is 125 cm³/mol. The van der Waals surface area contributed by atoms with Gasteiger partial charge in [0.15, 0.2) is 11.0 Å². The van der Waals surface area contributed by atoms with Gasteiger partial charge in [-0.15, -0.1) is 10.2 Å². The number of pyridine rings is 1. The highest BCUT2D eigenvalue weighted by molar-refractivity contribution is 7.99. The van der Waals surface area contributed by atoms with E-state index in [1.807, 2.05) is 13.0 Å². The smallest absolute Gasteiger partial charge is 0.196 e. The highest BCUT2D eigenvalue weighted by Crippen LogP contribution is 2.34. The van der Waals surface area contributed by atoms with Gasteiger partial charge in [-0.05, 0) is 51.3 Å². The first-order chi connectivity index (χ1) is 15.1. The lowest BCUT2D eigenvalue weighted by molar-refractivity contribution is 0.0358. The normalized spacial score (nSPS) is 16.3. The van der Waals surface area contributed by atoms with Gasteiger partial charge in [0.2, 0.25) is 0 Å². The molecule has 0 radical (unpaired) electrons. The summed E-state index contributed by atoms with van der Waals surface area (Å²) in [6.07, 6.45) is 0.991. The number of hydrogen-bond donors (Lipinski definition) is 0. The topological polar surface area (TPSA) is 59.3 Å². The van der Waals surface area contributed by atoms with Crippen LogP contribution in [-0.2, 0) is 11.3 Å². The summed E-state index contributed by atoms with van der Waals surface area (Å²) in [5.74, 6) is 1.04. The molecule has 0 aliphatic carbocycles. The minimum Gasteiger partial charge on any atom is -0.379 e. The summed E-state index contributed by atoms with van der Waals surface area (Å²) in [5, 5.41) is 11.4. The molecule has 1 aliphatic heterocycles. The third-order valence-electron chi connectivity index (χ3n) is 5.80. The Morgan fingerprint density at radius 3 is 2.65 bits per heavy atom. The number of benzene rings is 1. The van der Waals surface area contributed by atoms with E-state index in [-0.39, 0.29) is 6.04 Å². The highest BCUT2D eigenvalue weighted by atomic mass is 32.2. The molecule has 1 saturated heterocycles. The predicted octanol–water partition coefficient (Wildman–Crippen LogP) is 3.63. The van der Waals surface area contributed by atoms with E-state index in [9.17, 15) is 0 Å². The monoisotopic (exact) mass is 440 g/mol. The highest BCUT2D eigenvalue weighted by Gasteiger charge is 2.23. The molecule has 1 atom stereocenters. The lowest BCUT2D eigenvalue weighted by Gasteiger charge is -2.28. The average Bonchev–Trinajstić information content (AvgIpc) is 3.15. The Kier molecular flexibility index (Phi) is 7.22. The third kappa shape index (κ3) is 5.09. The second kappa shape index (κ2) is 10.1. The molecule has 7 nitrogen and oxygen atoms in total. The van der Waals surface area contributed by atoms with Crippen molar-refractivity contribution < 1.29 is 4.74 Å². The van der Waals surface area contributed by atoms with Crippen LogP contribution in [0.1, 0.15) is 30.9 Å². The minimum absolute atomic E-state index is 0.238. The summed E-state index contributed by atoms with van der Waals surface area (Å²) in [7, 11) is 4.23. The van der Waals surface area contributed by atoms with Crippen molar-refractivity contribution in [2.75, 3.05) is 46.9 Å². The molecular formula is C23H32N6OS. The lowest BCUT2D eigenvalue weighted by atomic mass is 10.2. The number of fused-ring (bicyclic) bond motifs is 1. The molecule has 0 spiro atoms. The number of morpholine rings is 1.